The van der Waals surface area contributed by atoms with Gasteiger partial charge in [0.05, 0.1) is 30.0 Å². The molecule has 3 rings (SSSR count). The van der Waals surface area contributed by atoms with Gasteiger partial charge >= 0.3 is 0 Å². The molecule has 1 atom stereocenters. The van der Waals surface area contributed by atoms with Gasteiger partial charge in [0.2, 0.25) is 5.91 Å². The topological polar surface area (TPSA) is 64.4 Å². The summed E-state index contributed by atoms with van der Waals surface area (Å²) in [5.74, 6) is 0.466. The predicted octanol–water partition coefficient (Wildman–Crippen LogP) is 3.37. The van der Waals surface area contributed by atoms with Crippen LogP contribution in [-0.2, 0) is 23.0 Å². The molecule has 6 nitrogen and oxygen atoms in total. The molecule has 7 heteroatoms. The molecule has 0 saturated heterocycles. The van der Waals surface area contributed by atoms with Crippen LogP contribution in [0.3, 0.4) is 0 Å². The first kappa shape index (κ1) is 21.0. The minimum absolute atomic E-state index is 0.0498. The van der Waals surface area contributed by atoms with E-state index in [4.69, 9.17) is 16.3 Å². The molecule has 3 aromatic rings. The van der Waals surface area contributed by atoms with Crippen LogP contribution in [0.25, 0.3) is 10.9 Å². The van der Waals surface area contributed by atoms with E-state index >= 15 is 0 Å². The van der Waals surface area contributed by atoms with Gasteiger partial charge in [-0.05, 0) is 30.7 Å². The molecule has 0 spiro atoms. The maximum absolute atomic E-state index is 13.1. The lowest BCUT2D eigenvalue weighted by atomic mass is 10.1. The number of ether oxygens (including phenoxy) is 1. The fourth-order valence-corrected chi connectivity index (χ4v) is 3.54. The SMILES string of the molecule is COCCN(C(=O)Cc1ccccc1)C(C)c1nc2ccc(Cl)cc2c(=O)n1C. The van der Waals surface area contributed by atoms with Crippen molar-refractivity contribution in [3.8, 4) is 0 Å². The van der Waals surface area contributed by atoms with E-state index < -0.39 is 6.04 Å². The van der Waals surface area contributed by atoms with E-state index in [0.29, 0.717) is 34.9 Å². The average Bonchev–Trinajstić information content (AvgIpc) is 2.72. The van der Waals surface area contributed by atoms with E-state index in [1.54, 1.807) is 37.3 Å². The van der Waals surface area contributed by atoms with Crippen LogP contribution in [-0.4, -0.2) is 40.6 Å². The van der Waals surface area contributed by atoms with Crippen molar-refractivity contribution in [2.75, 3.05) is 20.3 Å². The van der Waals surface area contributed by atoms with Gasteiger partial charge in [-0.25, -0.2) is 4.98 Å². The van der Waals surface area contributed by atoms with Crippen LogP contribution in [0.4, 0.5) is 0 Å². The van der Waals surface area contributed by atoms with Crippen LogP contribution in [0, 0.1) is 0 Å². The molecule has 0 aliphatic heterocycles. The molecule has 0 aliphatic rings. The van der Waals surface area contributed by atoms with Gasteiger partial charge in [-0.3, -0.25) is 14.2 Å². The lowest BCUT2D eigenvalue weighted by Crippen LogP contribution is -2.39. The number of hydrogen-bond donors (Lipinski definition) is 0. The number of carbonyl (C=O) groups excluding carboxylic acids is 1. The zero-order valence-electron chi connectivity index (χ0n) is 16.8. The smallest absolute Gasteiger partial charge is 0.261 e. The van der Waals surface area contributed by atoms with Crippen molar-refractivity contribution in [1.29, 1.82) is 0 Å². The predicted molar refractivity (Wildman–Crippen MR) is 114 cm³/mol. The second kappa shape index (κ2) is 9.20. The number of hydrogen-bond acceptors (Lipinski definition) is 4. The molecule has 0 bridgehead atoms. The third-order valence-corrected chi connectivity index (χ3v) is 5.20. The number of halogens is 1. The summed E-state index contributed by atoms with van der Waals surface area (Å²) in [5, 5.41) is 0.937. The highest BCUT2D eigenvalue weighted by molar-refractivity contribution is 6.31. The second-order valence-corrected chi connectivity index (χ2v) is 7.35. The van der Waals surface area contributed by atoms with E-state index in [-0.39, 0.29) is 17.9 Å². The lowest BCUT2D eigenvalue weighted by molar-refractivity contribution is -0.133. The largest absolute Gasteiger partial charge is 0.383 e. The van der Waals surface area contributed by atoms with Crippen molar-refractivity contribution in [3.05, 3.63) is 75.3 Å². The van der Waals surface area contributed by atoms with Gasteiger partial charge in [-0.1, -0.05) is 41.9 Å². The average molecular weight is 414 g/mol. The Kier molecular flexibility index (Phi) is 6.67. The van der Waals surface area contributed by atoms with Crippen LogP contribution in [0.1, 0.15) is 24.4 Å². The fourth-order valence-electron chi connectivity index (χ4n) is 3.37. The zero-order valence-corrected chi connectivity index (χ0v) is 17.5. The number of rotatable bonds is 7. The van der Waals surface area contributed by atoms with Gasteiger partial charge < -0.3 is 9.64 Å². The second-order valence-electron chi connectivity index (χ2n) is 6.91. The molecule has 0 radical (unpaired) electrons. The zero-order chi connectivity index (χ0) is 21.0. The molecule has 1 aromatic heterocycles. The molecule has 0 fully saturated rings. The molecular weight excluding hydrogens is 390 g/mol. The highest BCUT2D eigenvalue weighted by atomic mass is 35.5. The van der Waals surface area contributed by atoms with E-state index in [0.717, 1.165) is 5.56 Å². The Bertz CT molecular complexity index is 1070. The molecule has 2 aromatic carbocycles. The van der Waals surface area contributed by atoms with E-state index in [9.17, 15) is 9.59 Å². The van der Waals surface area contributed by atoms with Gasteiger partial charge in [0.15, 0.2) is 0 Å². The summed E-state index contributed by atoms with van der Waals surface area (Å²) in [4.78, 5) is 32.3. The summed E-state index contributed by atoms with van der Waals surface area (Å²) in [7, 11) is 3.26. The third-order valence-electron chi connectivity index (χ3n) is 4.97. The van der Waals surface area contributed by atoms with Gasteiger partial charge in [0, 0.05) is 25.7 Å². The van der Waals surface area contributed by atoms with Gasteiger partial charge in [0.25, 0.3) is 5.56 Å². The molecule has 1 amide bonds. The quantitative estimate of drug-likeness (QED) is 0.595. The standard InChI is InChI=1S/C22H24ClN3O3/c1-15(21-24-19-10-9-17(23)14-18(19)22(28)25(21)2)26(11-12-29-3)20(27)13-16-7-5-4-6-8-16/h4-10,14-15H,11-13H2,1-3H3. The van der Waals surface area contributed by atoms with Crippen LogP contribution < -0.4 is 5.56 Å². The Morgan fingerprint density at radius 1 is 1.24 bits per heavy atom. The van der Waals surface area contributed by atoms with Gasteiger partial charge in [0.1, 0.15) is 5.82 Å². The van der Waals surface area contributed by atoms with Crippen LogP contribution in [0.5, 0.6) is 0 Å². The first-order valence-electron chi connectivity index (χ1n) is 9.41. The first-order chi connectivity index (χ1) is 13.9. The molecule has 0 saturated carbocycles. The number of amides is 1. The summed E-state index contributed by atoms with van der Waals surface area (Å²) in [6.07, 6.45) is 0.270. The Morgan fingerprint density at radius 3 is 2.66 bits per heavy atom. The van der Waals surface area contributed by atoms with Crippen molar-refractivity contribution >= 4 is 28.4 Å². The molecule has 0 N–H and O–H groups in total. The Morgan fingerprint density at radius 2 is 1.97 bits per heavy atom. The van der Waals surface area contributed by atoms with Crippen molar-refractivity contribution in [3.63, 3.8) is 0 Å². The summed E-state index contributed by atoms with van der Waals surface area (Å²) in [6.45, 7) is 2.67. The normalized spacial score (nSPS) is 12.1. The summed E-state index contributed by atoms with van der Waals surface area (Å²) in [5.41, 5.74) is 1.30. The minimum Gasteiger partial charge on any atom is -0.383 e. The Hall–Kier alpha value is -2.70. The third kappa shape index (κ3) is 4.66. The van der Waals surface area contributed by atoms with Crippen molar-refractivity contribution in [2.45, 2.75) is 19.4 Å². The monoisotopic (exact) mass is 413 g/mol. The molecule has 29 heavy (non-hydrogen) atoms. The maximum atomic E-state index is 13.1. The summed E-state index contributed by atoms with van der Waals surface area (Å²) in [6, 6.07) is 14.2. The van der Waals surface area contributed by atoms with Crippen molar-refractivity contribution in [2.24, 2.45) is 7.05 Å². The van der Waals surface area contributed by atoms with Crippen LogP contribution in [0.2, 0.25) is 5.02 Å². The highest BCUT2D eigenvalue weighted by Gasteiger charge is 2.25. The minimum atomic E-state index is -0.404. The summed E-state index contributed by atoms with van der Waals surface area (Å²) < 4.78 is 6.68. The number of methoxy groups -OCH3 is 1. The van der Waals surface area contributed by atoms with Crippen molar-refractivity contribution in [1.82, 2.24) is 14.5 Å². The van der Waals surface area contributed by atoms with E-state index in [2.05, 4.69) is 4.98 Å². The van der Waals surface area contributed by atoms with E-state index in [1.165, 1.54) is 4.57 Å². The molecular formula is C22H24ClN3O3. The Labute approximate surface area is 174 Å². The summed E-state index contributed by atoms with van der Waals surface area (Å²) >= 11 is 6.03. The first-order valence-corrected chi connectivity index (χ1v) is 9.78. The number of benzene rings is 2. The molecule has 0 aliphatic carbocycles. The molecule has 152 valence electrons. The van der Waals surface area contributed by atoms with E-state index in [1.807, 2.05) is 37.3 Å². The van der Waals surface area contributed by atoms with Gasteiger partial charge in [-0.15, -0.1) is 0 Å². The fraction of sp³-hybridized carbons (Fsp3) is 0.318. The van der Waals surface area contributed by atoms with Crippen LogP contribution >= 0.6 is 11.6 Å². The van der Waals surface area contributed by atoms with Gasteiger partial charge in [-0.2, -0.15) is 0 Å². The highest BCUT2D eigenvalue weighted by Crippen LogP contribution is 2.22. The lowest BCUT2D eigenvalue weighted by Gasteiger charge is -2.30. The molecule has 1 heterocycles. The Balaban J connectivity index is 1.98. The number of fused-ring (bicyclic) bond motifs is 1. The number of carbonyl (C=O) groups is 1. The van der Waals surface area contributed by atoms with Crippen molar-refractivity contribution < 1.29 is 9.53 Å². The van der Waals surface area contributed by atoms with Crippen LogP contribution in [0.15, 0.2) is 53.3 Å². The maximum Gasteiger partial charge on any atom is 0.261 e. The number of nitrogens with zero attached hydrogens (tertiary/aromatic N) is 3. The number of aromatic nitrogens is 2. The molecule has 1 unspecified atom stereocenters.